The summed E-state index contributed by atoms with van der Waals surface area (Å²) in [6, 6.07) is 6.18. The van der Waals surface area contributed by atoms with E-state index in [-0.39, 0.29) is 25.2 Å². The Hall–Kier alpha value is -0.670. The van der Waals surface area contributed by atoms with Gasteiger partial charge in [0.25, 0.3) is 0 Å². The SMILES string of the molecule is CCOP(=O)(OCC)OCc1ccc(C)cc1C(C)(C)C. The van der Waals surface area contributed by atoms with Gasteiger partial charge >= 0.3 is 7.82 Å². The molecule has 0 saturated heterocycles. The molecule has 0 aliphatic heterocycles. The molecule has 0 bridgehead atoms. The molecule has 0 spiro atoms. The lowest BCUT2D eigenvalue weighted by atomic mass is 9.83. The molecule has 0 amide bonds. The molecule has 0 radical (unpaired) electrons. The van der Waals surface area contributed by atoms with Gasteiger partial charge in [-0.1, -0.05) is 44.5 Å². The lowest BCUT2D eigenvalue weighted by Crippen LogP contribution is -2.15. The molecule has 120 valence electrons. The van der Waals surface area contributed by atoms with E-state index in [1.807, 2.05) is 12.1 Å². The molecular formula is C16H27O4P. The lowest BCUT2D eigenvalue weighted by Gasteiger charge is -2.24. The summed E-state index contributed by atoms with van der Waals surface area (Å²) in [5.74, 6) is 0. The maximum absolute atomic E-state index is 12.3. The zero-order valence-electron chi connectivity index (χ0n) is 13.9. The van der Waals surface area contributed by atoms with Gasteiger partial charge in [-0.3, -0.25) is 13.6 Å². The van der Waals surface area contributed by atoms with Crippen LogP contribution in [0.3, 0.4) is 0 Å². The Morgan fingerprint density at radius 3 is 2.10 bits per heavy atom. The quantitative estimate of drug-likeness (QED) is 0.665. The fourth-order valence-electron chi connectivity index (χ4n) is 2.09. The van der Waals surface area contributed by atoms with E-state index in [0.717, 1.165) is 5.56 Å². The molecule has 0 aromatic heterocycles. The van der Waals surface area contributed by atoms with Crippen molar-refractivity contribution in [1.82, 2.24) is 0 Å². The van der Waals surface area contributed by atoms with E-state index < -0.39 is 7.82 Å². The molecule has 5 heteroatoms. The van der Waals surface area contributed by atoms with Gasteiger partial charge in [0.05, 0.1) is 19.8 Å². The first kappa shape index (κ1) is 18.4. The molecule has 0 N–H and O–H groups in total. The normalized spacial score (nSPS) is 12.7. The average Bonchev–Trinajstić information content (AvgIpc) is 2.37. The fraction of sp³-hybridized carbons (Fsp3) is 0.625. The maximum Gasteiger partial charge on any atom is 0.475 e. The molecule has 21 heavy (non-hydrogen) atoms. The third-order valence-corrected chi connectivity index (χ3v) is 4.62. The highest BCUT2D eigenvalue weighted by Crippen LogP contribution is 2.50. The second kappa shape index (κ2) is 7.55. The van der Waals surface area contributed by atoms with Crippen molar-refractivity contribution in [2.24, 2.45) is 0 Å². The van der Waals surface area contributed by atoms with Gasteiger partial charge in [-0.15, -0.1) is 0 Å². The van der Waals surface area contributed by atoms with Crippen LogP contribution < -0.4 is 0 Å². The van der Waals surface area contributed by atoms with Crippen LogP contribution in [0.25, 0.3) is 0 Å². The van der Waals surface area contributed by atoms with Crippen molar-refractivity contribution < 1.29 is 18.1 Å². The van der Waals surface area contributed by atoms with E-state index in [1.54, 1.807) is 13.8 Å². The van der Waals surface area contributed by atoms with E-state index in [1.165, 1.54) is 11.1 Å². The third kappa shape index (κ3) is 5.55. The molecule has 0 fully saturated rings. The molecule has 0 atom stereocenters. The summed E-state index contributed by atoms with van der Waals surface area (Å²) >= 11 is 0. The van der Waals surface area contributed by atoms with Crippen LogP contribution in [0, 0.1) is 6.92 Å². The predicted molar refractivity (Wildman–Crippen MR) is 85.5 cm³/mol. The van der Waals surface area contributed by atoms with Crippen molar-refractivity contribution in [3.8, 4) is 0 Å². The second-order valence-electron chi connectivity index (χ2n) is 5.97. The number of rotatable bonds is 7. The molecule has 1 aromatic carbocycles. The van der Waals surface area contributed by atoms with E-state index in [0.29, 0.717) is 0 Å². The summed E-state index contributed by atoms with van der Waals surface area (Å²) in [4.78, 5) is 0. The Morgan fingerprint density at radius 1 is 1.05 bits per heavy atom. The summed E-state index contributed by atoms with van der Waals surface area (Å²) in [6.45, 7) is 12.8. The first-order valence-electron chi connectivity index (χ1n) is 7.35. The highest BCUT2D eigenvalue weighted by atomic mass is 31.2. The summed E-state index contributed by atoms with van der Waals surface area (Å²) in [5.41, 5.74) is 3.38. The Labute approximate surface area is 128 Å². The van der Waals surface area contributed by atoms with Gasteiger partial charge in [0.2, 0.25) is 0 Å². The summed E-state index contributed by atoms with van der Waals surface area (Å²) in [5, 5.41) is 0. The van der Waals surface area contributed by atoms with Gasteiger partial charge in [-0.25, -0.2) is 4.57 Å². The van der Waals surface area contributed by atoms with Gasteiger partial charge in [-0.05, 0) is 37.3 Å². The minimum absolute atomic E-state index is 0.00801. The summed E-state index contributed by atoms with van der Waals surface area (Å²) in [6.07, 6.45) is 0. The molecule has 0 heterocycles. The number of phosphoric ester groups is 1. The minimum Gasteiger partial charge on any atom is -0.287 e. The zero-order valence-corrected chi connectivity index (χ0v) is 14.8. The Morgan fingerprint density at radius 2 is 1.62 bits per heavy atom. The molecule has 0 aliphatic carbocycles. The summed E-state index contributed by atoms with van der Waals surface area (Å²) < 4.78 is 28.1. The number of benzene rings is 1. The highest BCUT2D eigenvalue weighted by Gasteiger charge is 2.27. The molecule has 4 nitrogen and oxygen atoms in total. The molecule has 1 aromatic rings. The molecule has 0 saturated carbocycles. The van der Waals surface area contributed by atoms with Crippen molar-refractivity contribution in [3.63, 3.8) is 0 Å². The molecule has 0 unspecified atom stereocenters. The molecule has 1 rings (SSSR count). The van der Waals surface area contributed by atoms with E-state index in [4.69, 9.17) is 13.6 Å². The van der Waals surface area contributed by atoms with Crippen molar-refractivity contribution in [2.75, 3.05) is 13.2 Å². The van der Waals surface area contributed by atoms with Crippen molar-refractivity contribution in [2.45, 2.75) is 53.6 Å². The smallest absolute Gasteiger partial charge is 0.287 e. The molecule has 0 aliphatic rings. The van der Waals surface area contributed by atoms with E-state index in [9.17, 15) is 4.57 Å². The van der Waals surface area contributed by atoms with Crippen molar-refractivity contribution in [3.05, 3.63) is 34.9 Å². The van der Waals surface area contributed by atoms with Crippen LogP contribution in [-0.2, 0) is 30.2 Å². The lowest BCUT2D eigenvalue weighted by molar-refractivity contribution is 0.116. The average molecular weight is 314 g/mol. The molecular weight excluding hydrogens is 287 g/mol. The van der Waals surface area contributed by atoms with Crippen LogP contribution in [-0.4, -0.2) is 13.2 Å². The zero-order chi connectivity index (χ0) is 16.1. The van der Waals surface area contributed by atoms with Crippen LogP contribution in [0.2, 0.25) is 0 Å². The van der Waals surface area contributed by atoms with Gasteiger partial charge in [0.1, 0.15) is 0 Å². The fourth-order valence-corrected chi connectivity index (χ4v) is 3.24. The van der Waals surface area contributed by atoms with Gasteiger partial charge in [0, 0.05) is 0 Å². The van der Waals surface area contributed by atoms with Gasteiger partial charge in [-0.2, -0.15) is 0 Å². The van der Waals surface area contributed by atoms with Crippen molar-refractivity contribution >= 4 is 7.82 Å². The highest BCUT2D eigenvalue weighted by molar-refractivity contribution is 7.48. The van der Waals surface area contributed by atoms with E-state index in [2.05, 4.69) is 33.8 Å². The van der Waals surface area contributed by atoms with Crippen LogP contribution in [0.15, 0.2) is 18.2 Å². The standard InChI is InChI=1S/C16H27O4P/c1-7-18-21(17,19-8-2)20-12-14-10-9-13(3)11-15(14)16(4,5)6/h9-11H,7-8,12H2,1-6H3. The van der Waals surface area contributed by atoms with Crippen LogP contribution >= 0.6 is 7.82 Å². The van der Waals surface area contributed by atoms with Crippen LogP contribution in [0.4, 0.5) is 0 Å². The number of hydrogen-bond donors (Lipinski definition) is 0. The Balaban J connectivity index is 2.95. The topological polar surface area (TPSA) is 44.8 Å². The predicted octanol–water partition coefficient (Wildman–Crippen LogP) is 4.99. The van der Waals surface area contributed by atoms with Crippen LogP contribution in [0.1, 0.15) is 51.3 Å². The Bertz CT molecular complexity index is 495. The first-order chi connectivity index (χ1) is 9.72. The first-order valence-corrected chi connectivity index (χ1v) is 8.81. The third-order valence-electron chi connectivity index (χ3n) is 3.03. The minimum atomic E-state index is -3.47. The van der Waals surface area contributed by atoms with Crippen molar-refractivity contribution in [1.29, 1.82) is 0 Å². The van der Waals surface area contributed by atoms with E-state index >= 15 is 0 Å². The maximum atomic E-state index is 12.3. The van der Waals surface area contributed by atoms with Gasteiger partial charge < -0.3 is 0 Å². The number of phosphoric acid groups is 1. The van der Waals surface area contributed by atoms with Gasteiger partial charge in [0.15, 0.2) is 0 Å². The second-order valence-corrected chi connectivity index (χ2v) is 7.64. The Kier molecular flexibility index (Phi) is 6.61. The van der Waals surface area contributed by atoms with Crippen LogP contribution in [0.5, 0.6) is 0 Å². The summed E-state index contributed by atoms with van der Waals surface area (Å²) in [7, 11) is -3.47. The monoisotopic (exact) mass is 314 g/mol. The largest absolute Gasteiger partial charge is 0.475 e. The number of hydrogen-bond acceptors (Lipinski definition) is 4. The number of aryl methyl sites for hydroxylation is 1.